The smallest absolute Gasteiger partial charge is 0.101 e. The first kappa shape index (κ1) is 11.3. The number of nitriles is 1. The predicted octanol–water partition coefficient (Wildman–Crippen LogP) is 2.42. The Bertz CT molecular complexity index is 568. The fraction of sp³-hybridized carbons (Fsp3) is 0.143. The maximum Gasteiger partial charge on any atom is 0.101 e. The van der Waals surface area contributed by atoms with Gasteiger partial charge in [0.25, 0.3) is 0 Å². The number of pyridine rings is 1. The highest BCUT2D eigenvalue weighted by Crippen LogP contribution is 2.20. The van der Waals surface area contributed by atoms with Crippen LogP contribution in [0.2, 0.25) is 0 Å². The predicted molar refractivity (Wildman–Crippen MR) is 65.0 cm³/mol. The Hall–Kier alpha value is -2.18. The van der Waals surface area contributed by atoms with Crippen molar-refractivity contribution in [3.05, 3.63) is 53.2 Å². The molecular weight excluding hydrogens is 212 g/mol. The summed E-state index contributed by atoms with van der Waals surface area (Å²) in [5, 5.41) is 17.8. The van der Waals surface area contributed by atoms with Crippen LogP contribution in [0.4, 0.5) is 0 Å². The van der Waals surface area contributed by atoms with E-state index in [1.165, 1.54) is 0 Å². The molecule has 3 nitrogen and oxygen atoms in total. The largest absolute Gasteiger partial charge is 0.392 e. The Morgan fingerprint density at radius 1 is 1.29 bits per heavy atom. The van der Waals surface area contributed by atoms with Gasteiger partial charge in [-0.05, 0) is 36.2 Å². The lowest BCUT2D eigenvalue weighted by atomic mass is 10.0. The van der Waals surface area contributed by atoms with Crippen LogP contribution in [-0.4, -0.2) is 10.1 Å². The number of aromatic nitrogens is 1. The van der Waals surface area contributed by atoms with E-state index in [4.69, 9.17) is 10.4 Å². The molecule has 2 aromatic rings. The summed E-state index contributed by atoms with van der Waals surface area (Å²) in [6.07, 6.45) is 1.56. The number of hydrogen-bond donors (Lipinski definition) is 1. The van der Waals surface area contributed by atoms with E-state index in [9.17, 15) is 0 Å². The molecular formula is C14H12N2O. The van der Waals surface area contributed by atoms with Crippen molar-refractivity contribution in [3.8, 4) is 17.3 Å². The van der Waals surface area contributed by atoms with Crippen LogP contribution in [0.5, 0.6) is 0 Å². The number of hydrogen-bond acceptors (Lipinski definition) is 3. The Balaban J connectivity index is 2.40. The van der Waals surface area contributed by atoms with Gasteiger partial charge in [0.2, 0.25) is 0 Å². The highest BCUT2D eigenvalue weighted by molar-refractivity contribution is 5.61. The fourth-order valence-corrected chi connectivity index (χ4v) is 1.66. The Morgan fingerprint density at radius 3 is 2.65 bits per heavy atom. The molecule has 0 spiro atoms. The average Bonchev–Trinajstić information content (AvgIpc) is 2.39. The van der Waals surface area contributed by atoms with E-state index in [1.54, 1.807) is 12.3 Å². The van der Waals surface area contributed by atoms with Crippen LogP contribution < -0.4 is 0 Å². The van der Waals surface area contributed by atoms with Crippen LogP contribution in [-0.2, 0) is 6.61 Å². The molecule has 0 aliphatic carbocycles. The number of aliphatic hydroxyl groups excluding tert-OH is 1. The molecule has 0 unspecified atom stereocenters. The highest BCUT2D eigenvalue weighted by Gasteiger charge is 2.02. The monoisotopic (exact) mass is 224 g/mol. The minimum Gasteiger partial charge on any atom is -0.392 e. The number of aryl methyl sites for hydroxylation is 1. The molecule has 0 bridgehead atoms. The molecule has 0 fully saturated rings. The first-order valence-electron chi connectivity index (χ1n) is 5.31. The lowest BCUT2D eigenvalue weighted by molar-refractivity contribution is 0.281. The van der Waals surface area contributed by atoms with E-state index in [0.29, 0.717) is 5.56 Å². The van der Waals surface area contributed by atoms with Crippen molar-refractivity contribution in [1.82, 2.24) is 4.98 Å². The van der Waals surface area contributed by atoms with E-state index in [0.717, 1.165) is 22.4 Å². The minimum atomic E-state index is 0.0485. The SMILES string of the molecule is Cc1cc(-c2ccc(C#N)cn2)ccc1CO. The van der Waals surface area contributed by atoms with Crippen LogP contribution in [0.15, 0.2) is 36.5 Å². The molecule has 0 saturated carbocycles. The summed E-state index contributed by atoms with van der Waals surface area (Å²) in [5.74, 6) is 0. The maximum absolute atomic E-state index is 9.10. The van der Waals surface area contributed by atoms with E-state index in [-0.39, 0.29) is 6.61 Å². The van der Waals surface area contributed by atoms with Gasteiger partial charge in [0.1, 0.15) is 6.07 Å². The van der Waals surface area contributed by atoms with Gasteiger partial charge >= 0.3 is 0 Å². The average molecular weight is 224 g/mol. The van der Waals surface area contributed by atoms with E-state index in [2.05, 4.69) is 4.98 Å². The lowest BCUT2D eigenvalue weighted by Gasteiger charge is -2.06. The summed E-state index contributed by atoms with van der Waals surface area (Å²) in [6, 6.07) is 11.4. The van der Waals surface area contributed by atoms with Crippen molar-refractivity contribution in [2.24, 2.45) is 0 Å². The van der Waals surface area contributed by atoms with Crippen LogP contribution in [0, 0.1) is 18.3 Å². The van der Waals surface area contributed by atoms with Crippen molar-refractivity contribution in [1.29, 1.82) is 5.26 Å². The molecule has 0 aliphatic rings. The zero-order chi connectivity index (χ0) is 12.3. The zero-order valence-electron chi connectivity index (χ0n) is 9.51. The quantitative estimate of drug-likeness (QED) is 0.852. The number of aliphatic hydroxyl groups is 1. The summed E-state index contributed by atoms with van der Waals surface area (Å²) < 4.78 is 0. The Kier molecular flexibility index (Phi) is 3.17. The van der Waals surface area contributed by atoms with Gasteiger partial charge in [0.15, 0.2) is 0 Å². The molecule has 1 heterocycles. The van der Waals surface area contributed by atoms with E-state index in [1.807, 2.05) is 37.3 Å². The van der Waals surface area contributed by atoms with Gasteiger partial charge in [-0.15, -0.1) is 0 Å². The first-order chi connectivity index (χ1) is 8.24. The fourth-order valence-electron chi connectivity index (χ4n) is 1.66. The molecule has 0 amide bonds. The number of rotatable bonds is 2. The molecule has 1 N–H and O–H groups in total. The van der Waals surface area contributed by atoms with Crippen molar-refractivity contribution >= 4 is 0 Å². The number of nitrogens with zero attached hydrogens (tertiary/aromatic N) is 2. The van der Waals surface area contributed by atoms with Crippen LogP contribution >= 0.6 is 0 Å². The second-order valence-electron chi connectivity index (χ2n) is 3.84. The zero-order valence-corrected chi connectivity index (χ0v) is 9.51. The van der Waals surface area contributed by atoms with E-state index < -0.39 is 0 Å². The molecule has 0 radical (unpaired) electrons. The highest BCUT2D eigenvalue weighted by atomic mass is 16.3. The second kappa shape index (κ2) is 4.77. The third-order valence-electron chi connectivity index (χ3n) is 2.70. The summed E-state index contributed by atoms with van der Waals surface area (Å²) in [4.78, 5) is 4.23. The molecule has 17 heavy (non-hydrogen) atoms. The lowest BCUT2D eigenvalue weighted by Crippen LogP contribution is -1.90. The molecule has 0 atom stereocenters. The molecule has 3 heteroatoms. The Morgan fingerprint density at radius 2 is 2.12 bits per heavy atom. The minimum absolute atomic E-state index is 0.0485. The van der Waals surface area contributed by atoms with Crippen LogP contribution in [0.1, 0.15) is 16.7 Å². The van der Waals surface area contributed by atoms with Crippen molar-refractivity contribution in [2.75, 3.05) is 0 Å². The van der Waals surface area contributed by atoms with Gasteiger partial charge < -0.3 is 5.11 Å². The van der Waals surface area contributed by atoms with Crippen molar-refractivity contribution in [2.45, 2.75) is 13.5 Å². The van der Waals surface area contributed by atoms with Gasteiger partial charge in [-0.25, -0.2) is 0 Å². The van der Waals surface area contributed by atoms with Crippen LogP contribution in [0.3, 0.4) is 0 Å². The summed E-state index contributed by atoms with van der Waals surface area (Å²) >= 11 is 0. The summed E-state index contributed by atoms with van der Waals surface area (Å²) in [7, 11) is 0. The van der Waals surface area contributed by atoms with Crippen molar-refractivity contribution < 1.29 is 5.11 Å². The van der Waals surface area contributed by atoms with Gasteiger partial charge in [-0.3, -0.25) is 4.98 Å². The third-order valence-corrected chi connectivity index (χ3v) is 2.70. The number of benzene rings is 1. The Labute approximate surface area is 100.0 Å². The summed E-state index contributed by atoms with van der Waals surface area (Å²) in [6.45, 7) is 2.01. The van der Waals surface area contributed by atoms with E-state index >= 15 is 0 Å². The van der Waals surface area contributed by atoms with Gasteiger partial charge in [0, 0.05) is 11.8 Å². The first-order valence-corrected chi connectivity index (χ1v) is 5.31. The van der Waals surface area contributed by atoms with Crippen molar-refractivity contribution in [3.63, 3.8) is 0 Å². The van der Waals surface area contributed by atoms with Crippen LogP contribution in [0.25, 0.3) is 11.3 Å². The molecule has 0 aliphatic heterocycles. The van der Waals surface area contributed by atoms with Gasteiger partial charge in [0.05, 0.1) is 17.9 Å². The summed E-state index contributed by atoms with van der Waals surface area (Å²) in [5.41, 5.74) is 4.33. The molecule has 0 saturated heterocycles. The third kappa shape index (κ3) is 2.32. The topological polar surface area (TPSA) is 56.9 Å². The molecule has 2 rings (SSSR count). The molecule has 1 aromatic carbocycles. The van der Waals surface area contributed by atoms with Gasteiger partial charge in [-0.2, -0.15) is 5.26 Å². The normalized spacial score (nSPS) is 9.94. The molecule has 84 valence electrons. The van der Waals surface area contributed by atoms with Gasteiger partial charge in [-0.1, -0.05) is 12.1 Å². The second-order valence-corrected chi connectivity index (χ2v) is 3.84. The standard InChI is InChI=1S/C14H12N2O/c1-10-6-12(3-4-13(10)9-17)14-5-2-11(7-15)8-16-14/h2-6,8,17H,9H2,1H3. The molecule has 1 aromatic heterocycles. The maximum atomic E-state index is 9.10.